The molecule has 2 heterocycles. The predicted octanol–water partition coefficient (Wildman–Crippen LogP) is 1.83. The molecule has 6 heteroatoms. The first kappa shape index (κ1) is 18.1. The average Bonchev–Trinajstić information content (AvgIpc) is 2.60. The number of carbonyl (C=O) groups excluding carboxylic acids is 1. The molecule has 3 rings (SSSR count). The second-order valence-electron chi connectivity index (χ2n) is 6.81. The highest BCUT2D eigenvalue weighted by molar-refractivity contribution is 5.82. The number of likely N-dealkylation sites (N-methyl/N-ethyl adjacent to an activating group) is 1. The highest BCUT2D eigenvalue weighted by Gasteiger charge is 2.38. The first-order valence-electron chi connectivity index (χ1n) is 9.28. The first-order chi connectivity index (χ1) is 12.1. The molecule has 0 bridgehead atoms. The Hall–Kier alpha value is -1.66. The summed E-state index contributed by atoms with van der Waals surface area (Å²) in [5.41, 5.74) is 0. The van der Waals surface area contributed by atoms with Crippen LogP contribution in [0, 0.1) is 5.82 Å². The molecule has 1 atom stereocenters. The zero-order valence-electron chi connectivity index (χ0n) is 15.2. The van der Waals surface area contributed by atoms with E-state index in [-0.39, 0.29) is 11.7 Å². The molecule has 0 radical (unpaired) electrons. The lowest BCUT2D eigenvalue weighted by molar-refractivity contribution is -0.147. The fourth-order valence-corrected chi connectivity index (χ4v) is 3.52. The molecule has 1 unspecified atom stereocenters. The average molecular weight is 349 g/mol. The quantitative estimate of drug-likeness (QED) is 0.785. The number of benzene rings is 1. The summed E-state index contributed by atoms with van der Waals surface area (Å²) in [6.45, 7) is 11.1. The molecule has 0 saturated carbocycles. The van der Waals surface area contributed by atoms with Gasteiger partial charge in [-0.3, -0.25) is 9.69 Å². The minimum atomic E-state index is -0.616. The number of halogens is 1. The van der Waals surface area contributed by atoms with E-state index in [0.29, 0.717) is 12.5 Å². The van der Waals surface area contributed by atoms with Gasteiger partial charge in [-0.2, -0.15) is 0 Å². The van der Waals surface area contributed by atoms with E-state index < -0.39 is 11.9 Å². The highest BCUT2D eigenvalue weighted by atomic mass is 19.1. The number of rotatable bonds is 6. The Balaban J connectivity index is 1.49. The SMILES string of the molecule is CCC(Oc1ccccc1F)C(=O)N1CC(N2CCN(CC)CC2)C1. The number of amides is 1. The number of nitrogens with zero attached hydrogens (tertiary/aromatic N) is 3. The number of carbonyl (C=O) groups is 1. The molecule has 25 heavy (non-hydrogen) atoms. The molecule has 0 spiro atoms. The van der Waals surface area contributed by atoms with E-state index in [4.69, 9.17) is 4.74 Å². The van der Waals surface area contributed by atoms with E-state index in [1.54, 1.807) is 18.2 Å². The smallest absolute Gasteiger partial charge is 0.263 e. The molecular formula is C19H28FN3O2. The number of para-hydroxylation sites is 1. The monoisotopic (exact) mass is 349 g/mol. The Kier molecular flexibility index (Phi) is 5.91. The lowest BCUT2D eigenvalue weighted by atomic mass is 10.0. The second-order valence-corrected chi connectivity index (χ2v) is 6.81. The molecule has 1 aromatic rings. The van der Waals surface area contributed by atoms with E-state index in [1.165, 1.54) is 6.07 Å². The summed E-state index contributed by atoms with van der Waals surface area (Å²) in [5, 5.41) is 0. The fourth-order valence-electron chi connectivity index (χ4n) is 3.52. The lowest BCUT2D eigenvalue weighted by Gasteiger charge is -2.48. The Labute approximate surface area is 149 Å². The molecule has 2 aliphatic rings. The van der Waals surface area contributed by atoms with E-state index in [9.17, 15) is 9.18 Å². The zero-order valence-corrected chi connectivity index (χ0v) is 15.2. The molecule has 0 N–H and O–H groups in total. The van der Waals surface area contributed by atoms with Crippen molar-refractivity contribution in [3.63, 3.8) is 0 Å². The third-order valence-electron chi connectivity index (χ3n) is 5.30. The molecular weight excluding hydrogens is 321 g/mol. The van der Waals surface area contributed by atoms with Crippen LogP contribution in [0.5, 0.6) is 5.75 Å². The van der Waals surface area contributed by atoms with Crippen LogP contribution < -0.4 is 4.74 Å². The van der Waals surface area contributed by atoms with Gasteiger partial charge in [0.1, 0.15) is 0 Å². The van der Waals surface area contributed by atoms with Gasteiger partial charge in [0.15, 0.2) is 17.7 Å². The number of piperazine rings is 1. The summed E-state index contributed by atoms with van der Waals surface area (Å²) in [4.78, 5) is 19.4. The van der Waals surface area contributed by atoms with E-state index in [1.807, 2.05) is 11.8 Å². The van der Waals surface area contributed by atoms with Gasteiger partial charge in [-0.15, -0.1) is 0 Å². The Morgan fingerprint density at radius 2 is 1.88 bits per heavy atom. The summed E-state index contributed by atoms with van der Waals surface area (Å²) in [5.74, 6) is -0.311. The summed E-state index contributed by atoms with van der Waals surface area (Å²) in [6.07, 6.45) is -0.0847. The number of likely N-dealkylation sites (tertiary alicyclic amines) is 1. The molecule has 0 aromatic heterocycles. The van der Waals surface area contributed by atoms with Gasteiger partial charge in [-0.25, -0.2) is 4.39 Å². The third-order valence-corrected chi connectivity index (χ3v) is 5.30. The molecule has 138 valence electrons. The first-order valence-corrected chi connectivity index (χ1v) is 9.28. The largest absolute Gasteiger partial charge is 0.478 e. The standard InChI is InChI=1S/C19H28FN3O2/c1-3-17(25-18-8-6-5-7-16(18)20)19(24)23-13-15(14-23)22-11-9-21(4-2)10-12-22/h5-8,15,17H,3-4,9-14H2,1-2H3. The van der Waals surface area contributed by atoms with Crippen LogP contribution in [0.3, 0.4) is 0 Å². The molecule has 0 aliphatic carbocycles. The van der Waals surface area contributed by atoms with Crippen molar-refractivity contribution in [1.29, 1.82) is 0 Å². The minimum Gasteiger partial charge on any atom is -0.478 e. The van der Waals surface area contributed by atoms with Gasteiger partial charge in [-0.05, 0) is 25.1 Å². The zero-order chi connectivity index (χ0) is 17.8. The highest BCUT2D eigenvalue weighted by Crippen LogP contribution is 2.22. The van der Waals surface area contributed by atoms with Crippen LogP contribution in [-0.4, -0.2) is 78.6 Å². The summed E-state index contributed by atoms with van der Waals surface area (Å²) in [6, 6.07) is 6.70. The van der Waals surface area contributed by atoms with E-state index in [0.717, 1.165) is 45.8 Å². The Morgan fingerprint density at radius 1 is 1.20 bits per heavy atom. The number of ether oxygens (including phenoxy) is 1. The van der Waals surface area contributed by atoms with Crippen molar-refractivity contribution in [1.82, 2.24) is 14.7 Å². The molecule has 1 amide bonds. The van der Waals surface area contributed by atoms with Crippen LogP contribution in [-0.2, 0) is 4.79 Å². The maximum absolute atomic E-state index is 13.8. The van der Waals surface area contributed by atoms with Crippen LogP contribution in [0.2, 0.25) is 0 Å². The predicted molar refractivity (Wildman–Crippen MR) is 95.2 cm³/mol. The second kappa shape index (κ2) is 8.15. The lowest BCUT2D eigenvalue weighted by Crippen LogP contribution is -2.65. The van der Waals surface area contributed by atoms with Gasteiger partial charge < -0.3 is 14.5 Å². The van der Waals surface area contributed by atoms with Gasteiger partial charge in [0, 0.05) is 45.3 Å². The number of hydrogen-bond acceptors (Lipinski definition) is 4. The van der Waals surface area contributed by atoms with Crippen molar-refractivity contribution in [2.75, 3.05) is 45.8 Å². The van der Waals surface area contributed by atoms with Crippen molar-refractivity contribution in [2.24, 2.45) is 0 Å². The topological polar surface area (TPSA) is 36.0 Å². The third kappa shape index (κ3) is 4.12. The van der Waals surface area contributed by atoms with Crippen LogP contribution in [0.1, 0.15) is 20.3 Å². The normalized spacial score (nSPS) is 21.0. The van der Waals surface area contributed by atoms with Gasteiger partial charge >= 0.3 is 0 Å². The van der Waals surface area contributed by atoms with Crippen LogP contribution >= 0.6 is 0 Å². The number of hydrogen-bond donors (Lipinski definition) is 0. The summed E-state index contributed by atoms with van der Waals surface area (Å²) >= 11 is 0. The Morgan fingerprint density at radius 3 is 2.48 bits per heavy atom. The van der Waals surface area contributed by atoms with Crippen molar-refractivity contribution in [3.05, 3.63) is 30.1 Å². The Bertz CT molecular complexity index is 584. The van der Waals surface area contributed by atoms with Gasteiger partial charge in [0.2, 0.25) is 0 Å². The van der Waals surface area contributed by atoms with Gasteiger partial charge in [0.05, 0.1) is 0 Å². The van der Waals surface area contributed by atoms with Gasteiger partial charge in [-0.1, -0.05) is 26.0 Å². The molecule has 2 fully saturated rings. The van der Waals surface area contributed by atoms with Crippen molar-refractivity contribution >= 4 is 5.91 Å². The van der Waals surface area contributed by atoms with Crippen LogP contribution in [0.4, 0.5) is 4.39 Å². The van der Waals surface area contributed by atoms with Crippen molar-refractivity contribution < 1.29 is 13.9 Å². The van der Waals surface area contributed by atoms with E-state index >= 15 is 0 Å². The van der Waals surface area contributed by atoms with Crippen molar-refractivity contribution in [3.8, 4) is 5.75 Å². The van der Waals surface area contributed by atoms with Crippen LogP contribution in [0.15, 0.2) is 24.3 Å². The molecule has 5 nitrogen and oxygen atoms in total. The van der Waals surface area contributed by atoms with Gasteiger partial charge in [0.25, 0.3) is 5.91 Å². The molecule has 2 saturated heterocycles. The molecule has 2 aliphatic heterocycles. The maximum atomic E-state index is 13.8. The van der Waals surface area contributed by atoms with E-state index in [2.05, 4.69) is 16.7 Å². The van der Waals surface area contributed by atoms with Crippen LogP contribution in [0.25, 0.3) is 0 Å². The minimum absolute atomic E-state index is 0.0332. The van der Waals surface area contributed by atoms with Crippen molar-refractivity contribution in [2.45, 2.75) is 32.4 Å². The molecule has 1 aromatic carbocycles. The fraction of sp³-hybridized carbons (Fsp3) is 0.632. The summed E-state index contributed by atoms with van der Waals surface area (Å²) < 4.78 is 19.4. The summed E-state index contributed by atoms with van der Waals surface area (Å²) in [7, 11) is 0. The maximum Gasteiger partial charge on any atom is 0.263 e.